The van der Waals surface area contributed by atoms with Crippen LogP contribution in [0.15, 0.2) is 34.7 Å². The SMILES string of the molecule is COc1ccc(S(=O)(=O)N2CCC(c3nccs3)CC2)cc1C. The molecular formula is C16H20N2O3S2. The first-order chi connectivity index (χ1) is 11.0. The fourth-order valence-electron chi connectivity index (χ4n) is 2.94. The summed E-state index contributed by atoms with van der Waals surface area (Å²) in [5.41, 5.74) is 0.825. The molecule has 0 unspecified atom stereocenters. The van der Waals surface area contributed by atoms with Crippen LogP contribution in [0.2, 0.25) is 0 Å². The molecule has 0 atom stereocenters. The smallest absolute Gasteiger partial charge is 0.243 e. The number of nitrogens with zero attached hydrogens (tertiary/aromatic N) is 2. The summed E-state index contributed by atoms with van der Waals surface area (Å²) < 4.78 is 32.4. The summed E-state index contributed by atoms with van der Waals surface area (Å²) in [7, 11) is -1.86. The molecule has 1 aliphatic heterocycles. The molecule has 0 N–H and O–H groups in total. The lowest BCUT2D eigenvalue weighted by molar-refractivity contribution is 0.319. The Hall–Kier alpha value is -1.44. The number of aryl methyl sites for hydroxylation is 1. The quantitative estimate of drug-likeness (QED) is 0.849. The van der Waals surface area contributed by atoms with Crippen molar-refractivity contribution in [2.45, 2.75) is 30.6 Å². The van der Waals surface area contributed by atoms with E-state index in [2.05, 4.69) is 4.98 Å². The van der Waals surface area contributed by atoms with Crippen LogP contribution in [-0.4, -0.2) is 37.9 Å². The van der Waals surface area contributed by atoms with E-state index >= 15 is 0 Å². The van der Waals surface area contributed by atoms with Crippen molar-refractivity contribution >= 4 is 21.4 Å². The van der Waals surface area contributed by atoms with E-state index < -0.39 is 10.0 Å². The molecule has 0 aliphatic carbocycles. The average Bonchev–Trinajstić information content (AvgIpc) is 3.09. The molecule has 0 spiro atoms. The minimum Gasteiger partial charge on any atom is -0.496 e. The van der Waals surface area contributed by atoms with Gasteiger partial charge in [0.05, 0.1) is 17.0 Å². The van der Waals surface area contributed by atoms with Crippen molar-refractivity contribution in [2.75, 3.05) is 20.2 Å². The van der Waals surface area contributed by atoms with Gasteiger partial charge in [0.1, 0.15) is 5.75 Å². The largest absolute Gasteiger partial charge is 0.496 e. The molecule has 1 aromatic heterocycles. The third-order valence-corrected chi connectivity index (χ3v) is 7.09. The first kappa shape index (κ1) is 16.4. The van der Waals surface area contributed by atoms with Gasteiger partial charge in [-0.2, -0.15) is 4.31 Å². The van der Waals surface area contributed by atoms with Crippen molar-refractivity contribution in [1.29, 1.82) is 0 Å². The van der Waals surface area contributed by atoms with Gasteiger partial charge in [-0.1, -0.05) is 0 Å². The molecule has 0 bridgehead atoms. The molecule has 0 saturated carbocycles. The second-order valence-electron chi connectivity index (χ2n) is 5.68. The second kappa shape index (κ2) is 6.59. The molecule has 124 valence electrons. The summed E-state index contributed by atoms with van der Waals surface area (Å²) in [6.45, 7) is 2.93. The highest BCUT2D eigenvalue weighted by atomic mass is 32.2. The summed E-state index contributed by atoms with van der Waals surface area (Å²) >= 11 is 1.65. The first-order valence-corrected chi connectivity index (χ1v) is 9.88. The highest BCUT2D eigenvalue weighted by molar-refractivity contribution is 7.89. The molecule has 0 radical (unpaired) electrons. The van der Waals surface area contributed by atoms with E-state index in [9.17, 15) is 8.42 Å². The van der Waals surface area contributed by atoms with Crippen LogP contribution in [0.25, 0.3) is 0 Å². The maximum absolute atomic E-state index is 12.8. The fraction of sp³-hybridized carbons (Fsp3) is 0.438. The maximum Gasteiger partial charge on any atom is 0.243 e. The highest BCUT2D eigenvalue weighted by Gasteiger charge is 2.30. The van der Waals surface area contributed by atoms with Crippen molar-refractivity contribution in [3.63, 3.8) is 0 Å². The first-order valence-electron chi connectivity index (χ1n) is 7.56. The Morgan fingerprint density at radius 3 is 2.61 bits per heavy atom. The van der Waals surface area contributed by atoms with Gasteiger partial charge in [-0.3, -0.25) is 0 Å². The van der Waals surface area contributed by atoms with Crippen LogP contribution < -0.4 is 4.74 Å². The number of aromatic nitrogens is 1. The molecule has 1 aliphatic rings. The minimum atomic E-state index is -3.44. The maximum atomic E-state index is 12.8. The predicted molar refractivity (Wildman–Crippen MR) is 90.6 cm³/mol. The van der Waals surface area contributed by atoms with Gasteiger partial charge in [0.25, 0.3) is 0 Å². The van der Waals surface area contributed by atoms with Crippen molar-refractivity contribution in [3.05, 3.63) is 40.3 Å². The Bertz CT molecular complexity index is 765. The van der Waals surface area contributed by atoms with E-state index in [4.69, 9.17) is 4.74 Å². The fourth-order valence-corrected chi connectivity index (χ4v) is 5.31. The molecule has 5 nitrogen and oxygen atoms in total. The number of rotatable bonds is 4. The lowest BCUT2D eigenvalue weighted by Crippen LogP contribution is -2.37. The lowest BCUT2D eigenvalue weighted by atomic mass is 9.99. The Morgan fingerprint density at radius 2 is 2.04 bits per heavy atom. The number of ether oxygens (including phenoxy) is 1. The zero-order chi connectivity index (χ0) is 16.4. The van der Waals surface area contributed by atoms with Crippen LogP contribution in [0.5, 0.6) is 5.75 Å². The number of thiazole rings is 1. The summed E-state index contributed by atoms with van der Waals surface area (Å²) in [6.07, 6.45) is 3.45. The summed E-state index contributed by atoms with van der Waals surface area (Å²) in [5, 5.41) is 3.08. The van der Waals surface area contributed by atoms with Gasteiger partial charge >= 0.3 is 0 Å². The van der Waals surface area contributed by atoms with E-state index in [1.54, 1.807) is 41.0 Å². The zero-order valence-corrected chi connectivity index (χ0v) is 14.9. The van der Waals surface area contributed by atoms with Crippen LogP contribution in [0.1, 0.15) is 29.3 Å². The number of methoxy groups -OCH3 is 1. The van der Waals surface area contributed by atoms with Crippen LogP contribution in [0, 0.1) is 6.92 Å². The Balaban J connectivity index is 1.75. The molecule has 0 amide bonds. The van der Waals surface area contributed by atoms with Gasteiger partial charge in [-0.25, -0.2) is 13.4 Å². The van der Waals surface area contributed by atoms with Gasteiger partial charge in [-0.15, -0.1) is 11.3 Å². The van der Waals surface area contributed by atoms with Crippen LogP contribution in [-0.2, 0) is 10.0 Å². The molecule has 23 heavy (non-hydrogen) atoms. The monoisotopic (exact) mass is 352 g/mol. The van der Waals surface area contributed by atoms with Crippen LogP contribution >= 0.6 is 11.3 Å². The number of piperidine rings is 1. The number of sulfonamides is 1. The minimum absolute atomic E-state index is 0.337. The molecule has 2 aromatic rings. The Morgan fingerprint density at radius 1 is 1.30 bits per heavy atom. The van der Waals surface area contributed by atoms with E-state index in [-0.39, 0.29) is 0 Å². The summed E-state index contributed by atoms with van der Waals surface area (Å²) in [5.74, 6) is 1.07. The van der Waals surface area contributed by atoms with E-state index in [1.807, 2.05) is 18.5 Å². The highest BCUT2D eigenvalue weighted by Crippen LogP contribution is 2.32. The molecule has 1 aromatic carbocycles. The van der Waals surface area contributed by atoms with Crippen molar-refractivity contribution in [1.82, 2.24) is 9.29 Å². The number of hydrogen-bond acceptors (Lipinski definition) is 5. The molecule has 1 saturated heterocycles. The molecule has 1 fully saturated rings. The zero-order valence-electron chi connectivity index (χ0n) is 13.2. The van der Waals surface area contributed by atoms with Crippen LogP contribution in [0.3, 0.4) is 0 Å². The molecule has 2 heterocycles. The summed E-state index contributed by atoms with van der Waals surface area (Å²) in [6, 6.07) is 5.01. The number of hydrogen-bond donors (Lipinski definition) is 0. The standard InChI is InChI=1S/C16H20N2O3S2/c1-12-11-14(3-4-15(12)21-2)23(19,20)18-8-5-13(6-9-18)16-17-7-10-22-16/h3-4,7,10-11,13H,5-6,8-9H2,1-2H3. The normalized spacial score (nSPS) is 17.3. The number of benzene rings is 1. The topological polar surface area (TPSA) is 59.5 Å². The van der Waals surface area contributed by atoms with Gasteiger partial charge in [0.15, 0.2) is 0 Å². The van der Waals surface area contributed by atoms with E-state index in [0.29, 0.717) is 29.7 Å². The van der Waals surface area contributed by atoms with Gasteiger partial charge < -0.3 is 4.74 Å². The van der Waals surface area contributed by atoms with Crippen LogP contribution in [0.4, 0.5) is 0 Å². The lowest BCUT2D eigenvalue weighted by Gasteiger charge is -2.30. The van der Waals surface area contributed by atoms with Gasteiger partial charge in [-0.05, 0) is 43.5 Å². The van der Waals surface area contributed by atoms with Crippen molar-refractivity contribution < 1.29 is 13.2 Å². The molecule has 3 rings (SSSR count). The summed E-state index contributed by atoms with van der Waals surface area (Å²) in [4.78, 5) is 4.69. The van der Waals surface area contributed by atoms with Crippen molar-refractivity contribution in [3.8, 4) is 5.75 Å². The Kier molecular flexibility index (Phi) is 4.70. The van der Waals surface area contributed by atoms with E-state index in [1.165, 1.54) is 0 Å². The van der Waals surface area contributed by atoms with E-state index in [0.717, 1.165) is 23.4 Å². The molecular weight excluding hydrogens is 332 g/mol. The molecule has 7 heteroatoms. The Labute approximate surface area is 141 Å². The van der Waals surface area contributed by atoms with Gasteiger partial charge in [0, 0.05) is 30.6 Å². The second-order valence-corrected chi connectivity index (χ2v) is 8.54. The predicted octanol–water partition coefficient (Wildman–Crippen LogP) is 3.03. The average molecular weight is 352 g/mol. The third-order valence-electron chi connectivity index (χ3n) is 4.26. The van der Waals surface area contributed by atoms with Gasteiger partial charge in [0.2, 0.25) is 10.0 Å². The van der Waals surface area contributed by atoms with Crippen molar-refractivity contribution in [2.24, 2.45) is 0 Å². The third kappa shape index (κ3) is 3.27.